The lowest BCUT2D eigenvalue weighted by Gasteiger charge is -2.38. The van der Waals surface area contributed by atoms with Crippen LogP contribution in [0.3, 0.4) is 0 Å². The molecule has 146 valence electrons. The van der Waals surface area contributed by atoms with E-state index in [4.69, 9.17) is 14.2 Å². The summed E-state index contributed by atoms with van der Waals surface area (Å²) in [4.78, 5) is 36.9. The van der Waals surface area contributed by atoms with Crippen molar-refractivity contribution in [2.24, 2.45) is 10.8 Å². The van der Waals surface area contributed by atoms with Crippen molar-refractivity contribution in [3.05, 3.63) is 0 Å². The van der Waals surface area contributed by atoms with Crippen LogP contribution in [0.2, 0.25) is 0 Å². The molecule has 0 radical (unpaired) electrons. The monoisotopic (exact) mass is 423 g/mol. The number of methoxy groups -OCH3 is 2. The maximum atomic E-state index is 12.7. The van der Waals surface area contributed by atoms with Crippen LogP contribution in [-0.4, -0.2) is 56.7 Å². The lowest BCUT2D eigenvalue weighted by Crippen LogP contribution is -2.46. The minimum absolute atomic E-state index is 0.0998. The van der Waals surface area contributed by atoms with Crippen LogP contribution in [0.4, 0.5) is 0 Å². The minimum Gasteiger partial charge on any atom is -0.468 e. The number of hydrogen-bond donors (Lipinski definition) is 1. The molecule has 0 fully saturated rings. The van der Waals surface area contributed by atoms with E-state index in [1.807, 2.05) is 0 Å². The molecular weight excluding hydrogens is 394 g/mol. The van der Waals surface area contributed by atoms with Gasteiger partial charge in [0, 0.05) is 19.6 Å². The summed E-state index contributed by atoms with van der Waals surface area (Å²) in [5.41, 5.74) is -1.92. The van der Waals surface area contributed by atoms with E-state index in [0.717, 1.165) is 0 Å². The highest BCUT2D eigenvalue weighted by Gasteiger charge is 2.48. The molecule has 25 heavy (non-hydrogen) atoms. The highest BCUT2D eigenvalue weighted by molar-refractivity contribution is 9.10. The van der Waals surface area contributed by atoms with Crippen molar-refractivity contribution in [2.45, 2.75) is 44.9 Å². The molecule has 0 aliphatic heterocycles. The third-order valence-corrected chi connectivity index (χ3v) is 4.62. The second kappa shape index (κ2) is 9.52. The number of halogens is 1. The maximum Gasteiger partial charge on any atom is 0.322 e. The fourth-order valence-corrected chi connectivity index (χ4v) is 3.79. The summed E-state index contributed by atoms with van der Waals surface area (Å²) in [6.07, 6.45) is 0.308. The summed E-state index contributed by atoms with van der Waals surface area (Å²) >= 11 is 3.35. The SMILES string of the molecule is CNC(=O)C(C)(C)CC(C)(CC(C)(Br)C(=O)OC)C(=O)OCCOC. The van der Waals surface area contributed by atoms with Gasteiger partial charge in [-0.3, -0.25) is 14.4 Å². The molecule has 0 aliphatic rings. The van der Waals surface area contributed by atoms with Gasteiger partial charge in [-0.2, -0.15) is 0 Å². The van der Waals surface area contributed by atoms with E-state index in [1.54, 1.807) is 34.7 Å². The molecule has 0 spiro atoms. The van der Waals surface area contributed by atoms with Gasteiger partial charge < -0.3 is 19.5 Å². The van der Waals surface area contributed by atoms with Crippen molar-refractivity contribution in [1.82, 2.24) is 5.32 Å². The number of esters is 2. The Morgan fingerprint density at radius 3 is 1.96 bits per heavy atom. The Labute approximate surface area is 158 Å². The standard InChI is InChI=1S/C17H30BrNO6/c1-15(2,12(20)19-5)10-16(3,13(21)25-9-8-23-6)11-17(4,18)14(22)24-7/h8-11H2,1-7H3,(H,19,20). The molecule has 0 aromatic carbocycles. The quantitative estimate of drug-likeness (QED) is 0.328. The summed E-state index contributed by atoms with van der Waals surface area (Å²) in [6.45, 7) is 7.18. The number of rotatable bonds is 10. The second-order valence-electron chi connectivity index (χ2n) is 7.19. The first-order valence-electron chi connectivity index (χ1n) is 8.02. The van der Waals surface area contributed by atoms with Gasteiger partial charge in [-0.1, -0.05) is 29.8 Å². The van der Waals surface area contributed by atoms with Crippen molar-refractivity contribution in [1.29, 1.82) is 0 Å². The Hall–Kier alpha value is -1.15. The Morgan fingerprint density at radius 2 is 1.52 bits per heavy atom. The number of alkyl halides is 1. The van der Waals surface area contributed by atoms with Crippen molar-refractivity contribution in [3.63, 3.8) is 0 Å². The van der Waals surface area contributed by atoms with E-state index in [9.17, 15) is 14.4 Å². The summed E-state index contributed by atoms with van der Waals surface area (Å²) < 4.78 is 13.9. The largest absolute Gasteiger partial charge is 0.468 e. The second-order valence-corrected chi connectivity index (χ2v) is 8.95. The minimum atomic E-state index is -1.09. The Morgan fingerprint density at radius 1 is 0.960 bits per heavy atom. The summed E-state index contributed by atoms with van der Waals surface area (Å²) in [5.74, 6) is -1.19. The molecule has 0 aliphatic carbocycles. The number of hydrogen-bond acceptors (Lipinski definition) is 6. The van der Waals surface area contributed by atoms with Crippen LogP contribution in [0.1, 0.15) is 40.5 Å². The first kappa shape index (κ1) is 23.9. The van der Waals surface area contributed by atoms with Crippen LogP contribution < -0.4 is 5.32 Å². The van der Waals surface area contributed by atoms with Crippen LogP contribution in [0.5, 0.6) is 0 Å². The molecule has 8 heteroatoms. The highest BCUT2D eigenvalue weighted by Crippen LogP contribution is 2.43. The number of carbonyl (C=O) groups is 3. The maximum absolute atomic E-state index is 12.7. The van der Waals surface area contributed by atoms with Crippen LogP contribution in [0.15, 0.2) is 0 Å². The Kier molecular flexibility index (Phi) is 9.08. The van der Waals surface area contributed by atoms with Gasteiger partial charge in [0.05, 0.1) is 19.1 Å². The molecule has 7 nitrogen and oxygen atoms in total. The smallest absolute Gasteiger partial charge is 0.322 e. The van der Waals surface area contributed by atoms with Gasteiger partial charge in [-0.15, -0.1) is 0 Å². The van der Waals surface area contributed by atoms with Crippen LogP contribution in [-0.2, 0) is 28.6 Å². The lowest BCUT2D eigenvalue weighted by atomic mass is 9.69. The van der Waals surface area contributed by atoms with Crippen molar-refractivity contribution >= 4 is 33.8 Å². The number of amides is 1. The zero-order chi connectivity index (χ0) is 19.9. The molecule has 0 heterocycles. The summed E-state index contributed by atoms with van der Waals surface area (Å²) in [5, 5.41) is 2.60. The number of ether oxygens (including phenoxy) is 3. The van der Waals surface area contributed by atoms with Crippen molar-refractivity contribution in [3.8, 4) is 0 Å². The van der Waals surface area contributed by atoms with Gasteiger partial charge in [-0.05, 0) is 26.7 Å². The normalized spacial score (nSPS) is 16.3. The molecule has 0 aromatic rings. The molecule has 0 aromatic heterocycles. The topological polar surface area (TPSA) is 90.9 Å². The first-order chi connectivity index (χ1) is 11.4. The molecule has 0 saturated carbocycles. The molecule has 1 amide bonds. The fraction of sp³-hybridized carbons (Fsp3) is 0.824. The van der Waals surface area contributed by atoms with E-state index in [-0.39, 0.29) is 32.0 Å². The average molecular weight is 424 g/mol. The fourth-order valence-electron chi connectivity index (χ4n) is 3.01. The van der Waals surface area contributed by atoms with E-state index >= 15 is 0 Å². The Balaban J connectivity index is 5.60. The van der Waals surface area contributed by atoms with E-state index in [0.29, 0.717) is 0 Å². The third-order valence-electron chi connectivity index (χ3n) is 4.02. The number of carbonyl (C=O) groups excluding carboxylic acids is 3. The van der Waals surface area contributed by atoms with Crippen molar-refractivity contribution < 1.29 is 28.6 Å². The molecule has 2 atom stereocenters. The predicted octanol–water partition coefficient (Wildman–Crippen LogP) is 2.06. The highest BCUT2D eigenvalue weighted by atomic mass is 79.9. The molecule has 0 bridgehead atoms. The van der Waals surface area contributed by atoms with E-state index in [1.165, 1.54) is 14.2 Å². The van der Waals surface area contributed by atoms with Gasteiger partial charge in [-0.25, -0.2) is 0 Å². The molecular formula is C17H30BrNO6. The zero-order valence-electron chi connectivity index (χ0n) is 16.2. The third kappa shape index (κ3) is 6.93. The van der Waals surface area contributed by atoms with E-state index < -0.39 is 27.1 Å². The lowest BCUT2D eigenvalue weighted by molar-refractivity contribution is -0.161. The van der Waals surface area contributed by atoms with Gasteiger partial charge in [0.1, 0.15) is 10.9 Å². The first-order valence-corrected chi connectivity index (χ1v) is 8.81. The summed E-state index contributed by atoms with van der Waals surface area (Å²) in [7, 11) is 4.33. The predicted molar refractivity (Wildman–Crippen MR) is 97.4 cm³/mol. The average Bonchev–Trinajstić information content (AvgIpc) is 2.51. The van der Waals surface area contributed by atoms with Crippen LogP contribution in [0, 0.1) is 10.8 Å². The number of nitrogens with one attached hydrogen (secondary N) is 1. The zero-order valence-corrected chi connectivity index (χ0v) is 17.7. The van der Waals surface area contributed by atoms with Crippen molar-refractivity contribution in [2.75, 3.05) is 34.5 Å². The molecule has 2 unspecified atom stereocenters. The van der Waals surface area contributed by atoms with Gasteiger partial charge in [0.25, 0.3) is 0 Å². The summed E-state index contributed by atoms with van der Waals surface area (Å²) in [6, 6.07) is 0. The van der Waals surface area contributed by atoms with E-state index in [2.05, 4.69) is 21.2 Å². The van der Waals surface area contributed by atoms with Crippen LogP contribution in [0.25, 0.3) is 0 Å². The Bertz CT molecular complexity index is 460. The van der Waals surface area contributed by atoms with Gasteiger partial charge in [0.2, 0.25) is 5.91 Å². The van der Waals surface area contributed by atoms with Crippen LogP contribution >= 0.6 is 15.9 Å². The van der Waals surface area contributed by atoms with Gasteiger partial charge >= 0.3 is 11.9 Å². The van der Waals surface area contributed by atoms with Gasteiger partial charge in [0.15, 0.2) is 0 Å². The molecule has 1 N–H and O–H groups in total. The molecule has 0 saturated heterocycles. The molecule has 0 rings (SSSR count).